The Morgan fingerprint density at radius 2 is 1.90 bits per heavy atom. The number of imidazole rings is 1. The molecule has 2 aliphatic rings. The molecule has 1 aromatic heterocycles. The lowest BCUT2D eigenvalue weighted by molar-refractivity contribution is -0.185. The van der Waals surface area contributed by atoms with Crippen molar-refractivity contribution in [2.75, 3.05) is 31.2 Å². The third-order valence-electron chi connectivity index (χ3n) is 4.77. The molecule has 3 heterocycles. The number of aromatic nitrogens is 2. The van der Waals surface area contributed by atoms with E-state index in [9.17, 15) is 0 Å². The molecule has 21 heavy (non-hydrogen) atoms. The Bertz CT molecular complexity index is 592. The van der Waals surface area contributed by atoms with Crippen molar-refractivity contribution < 1.29 is 9.47 Å². The highest BCUT2D eigenvalue weighted by atomic mass is 16.7. The fraction of sp³-hybridized carbons (Fsp3) is 0.562. The largest absolute Gasteiger partial charge is 0.348 e. The Morgan fingerprint density at radius 1 is 1.19 bits per heavy atom. The zero-order valence-corrected chi connectivity index (χ0v) is 12.3. The average Bonchev–Trinajstić information content (AvgIpc) is 3.14. The Balaban J connectivity index is 1.47. The third-order valence-corrected chi connectivity index (χ3v) is 4.77. The smallest absolute Gasteiger partial charge is 0.203 e. The third kappa shape index (κ3) is 2.30. The van der Waals surface area contributed by atoms with Gasteiger partial charge in [-0.25, -0.2) is 4.98 Å². The minimum Gasteiger partial charge on any atom is -0.348 e. The maximum atomic E-state index is 5.80. The highest BCUT2D eigenvalue weighted by molar-refractivity contribution is 5.77. The second-order valence-corrected chi connectivity index (χ2v) is 6.05. The van der Waals surface area contributed by atoms with Gasteiger partial charge in [-0.1, -0.05) is 12.1 Å². The van der Waals surface area contributed by atoms with Gasteiger partial charge in [0, 0.05) is 19.0 Å². The number of piperidine rings is 1. The SMILES string of the molecule is CC1(C2CCN(c3nc4ccccc4[nH]3)CC2)OCCO1. The fourth-order valence-electron chi connectivity index (χ4n) is 3.47. The van der Waals surface area contributed by atoms with Gasteiger partial charge in [0.2, 0.25) is 5.95 Å². The summed E-state index contributed by atoms with van der Waals surface area (Å²) in [7, 11) is 0. The quantitative estimate of drug-likeness (QED) is 0.922. The topological polar surface area (TPSA) is 50.4 Å². The molecule has 0 amide bonds. The summed E-state index contributed by atoms with van der Waals surface area (Å²) in [6.07, 6.45) is 2.15. The lowest BCUT2D eigenvalue weighted by Gasteiger charge is -2.38. The van der Waals surface area contributed by atoms with Crippen molar-refractivity contribution >= 4 is 17.0 Å². The Labute approximate surface area is 124 Å². The monoisotopic (exact) mass is 287 g/mol. The van der Waals surface area contributed by atoms with E-state index in [0.29, 0.717) is 5.92 Å². The van der Waals surface area contributed by atoms with Crippen LogP contribution in [0.3, 0.4) is 0 Å². The van der Waals surface area contributed by atoms with Crippen molar-refractivity contribution in [2.45, 2.75) is 25.6 Å². The van der Waals surface area contributed by atoms with E-state index in [-0.39, 0.29) is 5.79 Å². The van der Waals surface area contributed by atoms with Crippen LogP contribution in [0.1, 0.15) is 19.8 Å². The van der Waals surface area contributed by atoms with Crippen LogP contribution in [0.4, 0.5) is 5.95 Å². The van der Waals surface area contributed by atoms with Crippen LogP contribution in [0.5, 0.6) is 0 Å². The standard InChI is InChI=1S/C16H21N3O2/c1-16(20-10-11-21-16)12-6-8-19(9-7-12)15-17-13-4-2-3-5-14(13)18-15/h2-5,12H,6-11H2,1H3,(H,17,18). The molecular formula is C16H21N3O2. The molecule has 2 saturated heterocycles. The Hall–Kier alpha value is -1.59. The summed E-state index contributed by atoms with van der Waals surface area (Å²) in [4.78, 5) is 10.4. The van der Waals surface area contributed by atoms with Gasteiger partial charge in [0.15, 0.2) is 5.79 Å². The predicted octanol–water partition coefficient (Wildman–Crippen LogP) is 2.54. The molecule has 0 bridgehead atoms. The number of para-hydroxylation sites is 2. The number of hydrogen-bond donors (Lipinski definition) is 1. The summed E-state index contributed by atoms with van der Waals surface area (Å²) in [6.45, 7) is 5.52. The van der Waals surface area contributed by atoms with Crippen molar-refractivity contribution in [3.05, 3.63) is 24.3 Å². The molecule has 4 rings (SSSR count). The fourth-order valence-corrected chi connectivity index (χ4v) is 3.47. The van der Waals surface area contributed by atoms with Crippen LogP contribution < -0.4 is 4.90 Å². The van der Waals surface area contributed by atoms with Gasteiger partial charge in [-0.3, -0.25) is 0 Å². The number of rotatable bonds is 2. The van der Waals surface area contributed by atoms with Crippen molar-refractivity contribution in [1.29, 1.82) is 0 Å². The van der Waals surface area contributed by atoms with E-state index >= 15 is 0 Å². The second-order valence-electron chi connectivity index (χ2n) is 6.05. The Kier molecular flexibility index (Phi) is 3.12. The molecule has 0 aliphatic carbocycles. The normalized spacial score (nSPS) is 23.0. The van der Waals surface area contributed by atoms with E-state index < -0.39 is 0 Å². The molecular weight excluding hydrogens is 266 g/mol. The van der Waals surface area contributed by atoms with Crippen LogP contribution in [0.15, 0.2) is 24.3 Å². The van der Waals surface area contributed by atoms with Crippen molar-refractivity contribution in [2.24, 2.45) is 5.92 Å². The van der Waals surface area contributed by atoms with E-state index in [4.69, 9.17) is 9.47 Å². The van der Waals surface area contributed by atoms with E-state index in [2.05, 4.69) is 27.9 Å². The van der Waals surface area contributed by atoms with E-state index in [0.717, 1.165) is 56.1 Å². The summed E-state index contributed by atoms with van der Waals surface area (Å²) in [5.41, 5.74) is 2.13. The minimum absolute atomic E-state index is 0.375. The number of aromatic amines is 1. The van der Waals surface area contributed by atoms with Gasteiger partial charge in [0.25, 0.3) is 0 Å². The van der Waals surface area contributed by atoms with Crippen LogP contribution in [-0.4, -0.2) is 42.1 Å². The summed E-state index contributed by atoms with van der Waals surface area (Å²) in [6, 6.07) is 8.17. The zero-order valence-electron chi connectivity index (χ0n) is 12.3. The first kappa shape index (κ1) is 13.1. The lowest BCUT2D eigenvalue weighted by Crippen LogP contribution is -2.44. The highest BCUT2D eigenvalue weighted by Crippen LogP contribution is 2.35. The average molecular weight is 287 g/mol. The summed E-state index contributed by atoms with van der Waals surface area (Å²) in [5, 5.41) is 0. The first-order valence-electron chi connectivity index (χ1n) is 7.72. The minimum atomic E-state index is -0.375. The molecule has 0 atom stereocenters. The molecule has 2 aromatic rings. The predicted molar refractivity (Wildman–Crippen MR) is 81.3 cm³/mol. The number of benzene rings is 1. The molecule has 2 aliphatic heterocycles. The summed E-state index contributed by atoms with van der Waals surface area (Å²) < 4.78 is 11.6. The maximum absolute atomic E-state index is 5.80. The number of hydrogen-bond acceptors (Lipinski definition) is 4. The Morgan fingerprint density at radius 3 is 2.62 bits per heavy atom. The number of H-pyrrole nitrogens is 1. The van der Waals surface area contributed by atoms with Gasteiger partial charge < -0.3 is 19.4 Å². The van der Waals surface area contributed by atoms with Crippen molar-refractivity contribution in [3.8, 4) is 0 Å². The first-order chi connectivity index (χ1) is 10.2. The van der Waals surface area contributed by atoms with Crippen LogP contribution >= 0.6 is 0 Å². The molecule has 112 valence electrons. The molecule has 0 saturated carbocycles. The number of nitrogens with one attached hydrogen (secondary N) is 1. The number of ether oxygens (including phenoxy) is 2. The van der Waals surface area contributed by atoms with Crippen LogP contribution in [0.25, 0.3) is 11.0 Å². The molecule has 1 N–H and O–H groups in total. The molecule has 0 spiro atoms. The van der Waals surface area contributed by atoms with E-state index in [1.165, 1.54) is 0 Å². The van der Waals surface area contributed by atoms with E-state index in [1.807, 2.05) is 18.2 Å². The number of anilines is 1. The number of fused-ring (bicyclic) bond motifs is 1. The van der Waals surface area contributed by atoms with Gasteiger partial charge in [-0.2, -0.15) is 0 Å². The van der Waals surface area contributed by atoms with Crippen LogP contribution in [0, 0.1) is 5.92 Å². The van der Waals surface area contributed by atoms with Crippen molar-refractivity contribution in [1.82, 2.24) is 9.97 Å². The second kappa shape index (κ2) is 5.00. The lowest BCUT2D eigenvalue weighted by atomic mass is 9.89. The van der Waals surface area contributed by atoms with Gasteiger partial charge in [-0.05, 0) is 31.9 Å². The summed E-state index contributed by atoms with van der Waals surface area (Å²) >= 11 is 0. The molecule has 0 unspecified atom stereocenters. The molecule has 2 fully saturated rings. The molecule has 5 heteroatoms. The molecule has 0 radical (unpaired) electrons. The van der Waals surface area contributed by atoms with Gasteiger partial charge >= 0.3 is 0 Å². The maximum Gasteiger partial charge on any atom is 0.203 e. The van der Waals surface area contributed by atoms with Gasteiger partial charge in [0.1, 0.15) is 0 Å². The highest BCUT2D eigenvalue weighted by Gasteiger charge is 2.41. The van der Waals surface area contributed by atoms with Crippen LogP contribution in [0.2, 0.25) is 0 Å². The van der Waals surface area contributed by atoms with Crippen molar-refractivity contribution in [3.63, 3.8) is 0 Å². The number of nitrogens with zero attached hydrogens (tertiary/aromatic N) is 2. The zero-order chi connectivity index (χ0) is 14.3. The van der Waals surface area contributed by atoms with Gasteiger partial charge in [0.05, 0.1) is 24.2 Å². The van der Waals surface area contributed by atoms with E-state index in [1.54, 1.807) is 0 Å². The molecule has 1 aromatic carbocycles. The summed E-state index contributed by atoms with van der Waals surface area (Å²) in [5.74, 6) is 1.08. The van der Waals surface area contributed by atoms with Crippen LogP contribution in [-0.2, 0) is 9.47 Å². The first-order valence-corrected chi connectivity index (χ1v) is 7.72. The molecule has 5 nitrogen and oxygen atoms in total. The van der Waals surface area contributed by atoms with Gasteiger partial charge in [-0.15, -0.1) is 0 Å².